The highest BCUT2D eigenvalue weighted by atomic mass is 32.1. The Morgan fingerprint density at radius 1 is 1.19 bits per heavy atom. The number of imide groups is 1. The number of rotatable bonds is 7. The van der Waals surface area contributed by atoms with Gasteiger partial charge in [0, 0.05) is 4.75 Å². The van der Waals surface area contributed by atoms with Crippen molar-refractivity contribution in [1.29, 1.82) is 0 Å². The fourth-order valence-electron chi connectivity index (χ4n) is 2.81. The first-order chi connectivity index (χ1) is 12.5. The molecule has 0 aromatic heterocycles. The van der Waals surface area contributed by atoms with Gasteiger partial charge in [0.25, 0.3) is 17.7 Å². The summed E-state index contributed by atoms with van der Waals surface area (Å²) in [6, 6.07) is 1.72. The first-order valence-electron chi connectivity index (χ1n) is 7.88. The minimum Gasteiger partial charge on any atom is -0.496 e. The summed E-state index contributed by atoms with van der Waals surface area (Å²) in [5, 5.41) is 11.6. The molecule has 146 valence electrons. The highest BCUT2D eigenvalue weighted by molar-refractivity contribution is 7.81. The Labute approximate surface area is 161 Å². The minimum atomic E-state index is -1.48. The number of carbonyl (C=O) groups is 4. The topological polar surface area (TPSA) is 122 Å². The molecule has 1 aromatic carbocycles. The van der Waals surface area contributed by atoms with Gasteiger partial charge >= 0.3 is 5.97 Å². The number of benzene rings is 1. The van der Waals surface area contributed by atoms with Crippen molar-refractivity contribution >= 4 is 36.3 Å². The predicted molar refractivity (Wildman–Crippen MR) is 97.1 cm³/mol. The van der Waals surface area contributed by atoms with E-state index in [1.807, 2.05) is 0 Å². The van der Waals surface area contributed by atoms with Crippen LogP contribution in [0.2, 0.25) is 0 Å². The van der Waals surface area contributed by atoms with Gasteiger partial charge in [0.1, 0.15) is 17.1 Å². The number of ether oxygens (including phenoxy) is 2. The maximum absolute atomic E-state index is 12.6. The maximum Gasteiger partial charge on any atom is 0.328 e. The summed E-state index contributed by atoms with van der Waals surface area (Å²) in [4.78, 5) is 49.4. The Morgan fingerprint density at radius 2 is 1.67 bits per heavy atom. The van der Waals surface area contributed by atoms with E-state index in [9.17, 15) is 24.3 Å². The molecule has 1 aromatic rings. The molecule has 0 bridgehead atoms. The van der Waals surface area contributed by atoms with Crippen molar-refractivity contribution in [2.75, 3.05) is 14.2 Å². The van der Waals surface area contributed by atoms with Gasteiger partial charge in [-0.3, -0.25) is 19.3 Å². The highest BCUT2D eigenvalue weighted by Crippen LogP contribution is 2.31. The van der Waals surface area contributed by atoms with Gasteiger partial charge in [-0.05, 0) is 26.0 Å². The molecule has 0 aliphatic carbocycles. The van der Waals surface area contributed by atoms with Crippen LogP contribution < -0.4 is 14.8 Å². The van der Waals surface area contributed by atoms with Crippen LogP contribution in [0.25, 0.3) is 0 Å². The molecule has 1 saturated heterocycles. The fourth-order valence-corrected chi connectivity index (χ4v) is 3.04. The molecular weight excluding hydrogens is 376 g/mol. The summed E-state index contributed by atoms with van der Waals surface area (Å²) in [5.74, 6) is -3.38. The number of carbonyl (C=O) groups excluding carboxylic acids is 3. The Hall–Kier alpha value is -2.75. The number of aliphatic carboxylic acids is 1. The van der Waals surface area contributed by atoms with E-state index in [0.29, 0.717) is 4.90 Å². The number of thiol groups is 1. The van der Waals surface area contributed by atoms with E-state index in [-0.39, 0.29) is 17.1 Å². The van der Waals surface area contributed by atoms with Crippen LogP contribution in [0.4, 0.5) is 0 Å². The predicted octanol–water partition coefficient (Wildman–Crippen LogP) is 0.333. The summed E-state index contributed by atoms with van der Waals surface area (Å²) >= 11 is 4.16. The van der Waals surface area contributed by atoms with Crippen molar-refractivity contribution < 1.29 is 33.8 Å². The number of carboxylic acid groups (broad SMARTS) is 1. The second-order valence-corrected chi connectivity index (χ2v) is 7.54. The number of β-lactam (4-membered cyclic amide) rings is 2. The number of carboxylic acids is 1. The van der Waals surface area contributed by atoms with E-state index in [4.69, 9.17) is 9.47 Å². The smallest absolute Gasteiger partial charge is 0.328 e. The van der Waals surface area contributed by atoms with Gasteiger partial charge in [-0.15, -0.1) is 0 Å². The van der Waals surface area contributed by atoms with Gasteiger partial charge in [-0.25, -0.2) is 4.79 Å². The van der Waals surface area contributed by atoms with Crippen LogP contribution in [0.3, 0.4) is 0 Å². The van der Waals surface area contributed by atoms with Crippen molar-refractivity contribution in [2.24, 2.45) is 0 Å². The lowest BCUT2D eigenvalue weighted by Gasteiger charge is -2.43. The Kier molecular flexibility index (Phi) is 5.69. The quantitative estimate of drug-likeness (QED) is 0.345. The number of methoxy groups -OCH3 is 2. The number of hydrogen-bond donors (Lipinski definition) is 3. The van der Waals surface area contributed by atoms with Gasteiger partial charge < -0.3 is 19.9 Å². The second kappa shape index (κ2) is 7.47. The molecule has 2 N–H and O–H groups in total. The lowest BCUT2D eigenvalue weighted by atomic mass is 9.94. The molecule has 2 rings (SSSR count). The van der Waals surface area contributed by atoms with Gasteiger partial charge in [-0.2, -0.15) is 12.6 Å². The van der Waals surface area contributed by atoms with Crippen LogP contribution in [0, 0.1) is 0 Å². The first kappa shape index (κ1) is 20.6. The number of nitrogens with zero attached hydrogens (tertiary/aromatic N) is 1. The summed E-state index contributed by atoms with van der Waals surface area (Å²) in [6.07, 6.45) is 0. The minimum absolute atomic E-state index is 0.0193. The second-order valence-electron chi connectivity index (χ2n) is 6.38. The van der Waals surface area contributed by atoms with E-state index >= 15 is 0 Å². The van der Waals surface area contributed by atoms with Crippen LogP contribution in [0.15, 0.2) is 18.2 Å². The molecule has 0 saturated carbocycles. The number of amides is 3. The van der Waals surface area contributed by atoms with Crippen molar-refractivity contribution in [3.05, 3.63) is 23.8 Å². The van der Waals surface area contributed by atoms with E-state index in [2.05, 4.69) is 17.9 Å². The molecular formula is C17H20N2O7S. The summed E-state index contributed by atoms with van der Waals surface area (Å²) < 4.78 is 9.08. The largest absolute Gasteiger partial charge is 0.496 e. The average Bonchev–Trinajstić information content (AvgIpc) is 2.61. The molecule has 1 fully saturated rings. The third-order valence-corrected chi connectivity index (χ3v) is 4.30. The van der Waals surface area contributed by atoms with E-state index < -0.39 is 40.5 Å². The number of likely N-dealkylation sites (tertiary alicyclic amines) is 1. The zero-order valence-electron chi connectivity index (χ0n) is 15.2. The molecule has 0 radical (unpaired) electrons. The van der Waals surface area contributed by atoms with Gasteiger partial charge in [0.2, 0.25) is 0 Å². The molecule has 1 heterocycles. The molecule has 1 aliphatic rings. The molecule has 9 nitrogen and oxygen atoms in total. The zero-order chi connectivity index (χ0) is 20.5. The van der Waals surface area contributed by atoms with Crippen LogP contribution >= 0.6 is 12.6 Å². The fraction of sp³-hybridized carbons (Fsp3) is 0.412. The first-order valence-corrected chi connectivity index (χ1v) is 8.33. The normalized spacial score (nSPS) is 15.8. The molecule has 1 atom stereocenters. The van der Waals surface area contributed by atoms with Crippen LogP contribution in [0.5, 0.6) is 11.5 Å². The van der Waals surface area contributed by atoms with E-state index in [0.717, 1.165) is 0 Å². The van der Waals surface area contributed by atoms with Crippen molar-refractivity contribution in [3.8, 4) is 11.5 Å². The number of nitrogens with one attached hydrogen (secondary N) is 1. The number of hydrogen-bond acceptors (Lipinski definition) is 7. The Morgan fingerprint density at radius 3 is 2.04 bits per heavy atom. The average molecular weight is 396 g/mol. The van der Waals surface area contributed by atoms with Gasteiger partial charge in [0.15, 0.2) is 12.1 Å². The molecule has 10 heteroatoms. The van der Waals surface area contributed by atoms with Crippen LogP contribution in [-0.2, 0) is 14.4 Å². The third-order valence-electron chi connectivity index (χ3n) is 4.06. The molecule has 3 amide bonds. The summed E-state index contributed by atoms with van der Waals surface area (Å²) in [6.45, 7) is 2.95. The summed E-state index contributed by atoms with van der Waals surface area (Å²) in [5.41, 5.74) is 0.0193. The molecule has 0 unspecified atom stereocenters. The third kappa shape index (κ3) is 3.70. The Bertz CT molecular complexity index is 765. The standard InChI is InChI=1S/C17H20N2O7S/c1-17(2,27)12(16(23)24)19-14(21)11(15(19)22)18-13(20)10-8(25-3)6-5-7-9(10)26-4/h5-7,11-12,27H,1-4H3,(H,18,20)(H,23,24)/t12-/m0/s1. The van der Waals surface area contributed by atoms with Crippen LogP contribution in [-0.4, -0.2) is 64.7 Å². The molecule has 27 heavy (non-hydrogen) atoms. The van der Waals surface area contributed by atoms with E-state index in [1.54, 1.807) is 6.07 Å². The lowest BCUT2D eigenvalue weighted by molar-refractivity contribution is -0.171. The van der Waals surface area contributed by atoms with Crippen molar-refractivity contribution in [1.82, 2.24) is 10.2 Å². The lowest BCUT2D eigenvalue weighted by Crippen LogP contribution is -2.74. The van der Waals surface area contributed by atoms with Gasteiger partial charge in [-0.1, -0.05) is 6.07 Å². The molecule has 0 spiro atoms. The Balaban J connectivity index is 2.24. The monoisotopic (exact) mass is 396 g/mol. The van der Waals surface area contributed by atoms with Crippen LogP contribution in [0.1, 0.15) is 24.2 Å². The summed E-state index contributed by atoms with van der Waals surface area (Å²) in [7, 11) is 2.72. The SMILES string of the molecule is COc1cccc(OC)c1C(=O)NC1C(=O)N([C@@H](C(=O)O)C(C)(C)S)C1=O. The molecule has 1 aliphatic heterocycles. The van der Waals surface area contributed by atoms with Crippen molar-refractivity contribution in [3.63, 3.8) is 0 Å². The highest BCUT2D eigenvalue weighted by Gasteiger charge is 2.56. The van der Waals surface area contributed by atoms with Crippen molar-refractivity contribution in [2.45, 2.75) is 30.7 Å². The zero-order valence-corrected chi connectivity index (χ0v) is 16.1. The maximum atomic E-state index is 12.6. The van der Waals surface area contributed by atoms with E-state index in [1.165, 1.54) is 40.2 Å². The van der Waals surface area contributed by atoms with Gasteiger partial charge in [0.05, 0.1) is 14.2 Å².